The van der Waals surface area contributed by atoms with Gasteiger partial charge in [0.15, 0.2) is 23.1 Å². The molecule has 280 valence electrons. The third-order valence-electron chi connectivity index (χ3n) is 11.4. The van der Waals surface area contributed by atoms with Crippen molar-refractivity contribution in [1.29, 1.82) is 0 Å². The molecule has 5 nitrogen and oxygen atoms in total. The summed E-state index contributed by atoms with van der Waals surface area (Å²) in [7, 11) is 0. The fourth-order valence-corrected chi connectivity index (χ4v) is 9.47. The monoisotopic (exact) mass is 784 g/mol. The number of nitrogens with zero attached hydrogens (tertiary/aromatic N) is 4. The molecule has 0 saturated heterocycles. The zero-order chi connectivity index (χ0) is 39.6. The zero-order valence-corrected chi connectivity index (χ0v) is 32.9. The molecular weight excluding hydrogens is 753 g/mol. The lowest BCUT2D eigenvalue weighted by molar-refractivity contribution is 0.623. The molecule has 9 aromatic carbocycles. The van der Waals surface area contributed by atoms with E-state index < -0.39 is 0 Å². The third kappa shape index (κ3) is 5.84. The number of hydrogen-bond acceptors (Lipinski definition) is 6. The number of benzene rings is 9. The van der Waals surface area contributed by atoms with Gasteiger partial charge in [-0.2, -0.15) is 0 Å². The molecule has 0 radical (unpaired) electrons. The second-order valence-electron chi connectivity index (χ2n) is 15.0. The van der Waals surface area contributed by atoms with Crippen molar-refractivity contribution in [2.45, 2.75) is 0 Å². The highest BCUT2D eigenvalue weighted by atomic mass is 32.1. The molecule has 12 aromatic rings. The summed E-state index contributed by atoms with van der Waals surface area (Å²) in [5.41, 5.74) is 9.72. The van der Waals surface area contributed by atoms with Crippen LogP contribution in [0.5, 0.6) is 0 Å². The predicted octanol–water partition coefficient (Wildman–Crippen LogP) is 14.7. The molecule has 6 heteroatoms. The van der Waals surface area contributed by atoms with Gasteiger partial charge in [0.2, 0.25) is 5.89 Å². The molecule has 0 atom stereocenters. The Morgan fingerprint density at radius 1 is 0.350 bits per heavy atom. The van der Waals surface area contributed by atoms with Crippen LogP contribution in [0.3, 0.4) is 0 Å². The van der Waals surface area contributed by atoms with Gasteiger partial charge >= 0.3 is 0 Å². The van der Waals surface area contributed by atoms with E-state index in [4.69, 9.17) is 24.4 Å². The first-order valence-electron chi connectivity index (χ1n) is 20.0. The van der Waals surface area contributed by atoms with Crippen LogP contribution in [0.15, 0.2) is 199 Å². The molecule has 0 aliphatic carbocycles. The van der Waals surface area contributed by atoms with E-state index in [1.54, 1.807) is 11.3 Å². The molecule has 12 rings (SSSR count). The Hall–Kier alpha value is -7.80. The second-order valence-corrected chi connectivity index (χ2v) is 16.1. The molecule has 3 aromatic heterocycles. The van der Waals surface area contributed by atoms with Gasteiger partial charge in [-0.05, 0) is 86.9 Å². The average molecular weight is 785 g/mol. The van der Waals surface area contributed by atoms with Crippen LogP contribution in [-0.4, -0.2) is 19.9 Å². The fourth-order valence-electron chi connectivity index (χ4n) is 8.39. The summed E-state index contributed by atoms with van der Waals surface area (Å²) in [6.07, 6.45) is 0. The van der Waals surface area contributed by atoms with Gasteiger partial charge in [-0.3, -0.25) is 0 Å². The van der Waals surface area contributed by atoms with Gasteiger partial charge in [0, 0.05) is 47.8 Å². The first kappa shape index (κ1) is 34.3. The molecule has 0 bridgehead atoms. The van der Waals surface area contributed by atoms with Crippen LogP contribution >= 0.6 is 11.3 Å². The molecule has 0 aliphatic rings. The summed E-state index contributed by atoms with van der Waals surface area (Å²) in [5.74, 6) is 2.41. The van der Waals surface area contributed by atoms with Crippen LogP contribution < -0.4 is 0 Å². The van der Waals surface area contributed by atoms with E-state index in [9.17, 15) is 0 Å². The SMILES string of the molecule is c1ccc(-c2ccc(-c3nc4ccc5ccc6ccc(-c7nc(-c8ccc9sc%10ccccc%10c9c8)nc(-c8ccccc8-c8ccccc8)n7)cc6c5c4o3)cc2)cc1. The smallest absolute Gasteiger partial charge is 0.227 e. The lowest BCUT2D eigenvalue weighted by atomic mass is 9.98. The first-order chi connectivity index (χ1) is 29.7. The molecule has 60 heavy (non-hydrogen) atoms. The standard InChI is InChI=1S/C54H32N4OS/c1-3-11-33(12-4-1)34-19-24-38(25-20-34)54-55-46-29-27-37-23-21-36-22-26-39(31-44(36)49(37)50(46)59-54)51-56-52(40-28-30-48-45(32-40)42-16-9-10-18-47(42)60-48)58-53(57-51)43-17-8-7-15-41(43)35-13-5-2-6-14-35/h1-32H. The normalized spacial score (nSPS) is 11.7. The first-order valence-corrected chi connectivity index (χ1v) is 20.8. The van der Waals surface area contributed by atoms with Crippen molar-refractivity contribution < 1.29 is 4.42 Å². The highest BCUT2D eigenvalue weighted by Crippen LogP contribution is 2.40. The van der Waals surface area contributed by atoms with E-state index in [-0.39, 0.29) is 0 Å². The molecule has 3 heterocycles. The number of aromatic nitrogens is 4. The zero-order valence-electron chi connectivity index (χ0n) is 32.1. The van der Waals surface area contributed by atoms with Gasteiger partial charge in [0.25, 0.3) is 0 Å². The summed E-state index contributed by atoms with van der Waals surface area (Å²) in [6, 6.07) is 67.6. The number of hydrogen-bond donors (Lipinski definition) is 0. The maximum atomic E-state index is 6.68. The van der Waals surface area contributed by atoms with E-state index in [0.717, 1.165) is 71.6 Å². The van der Waals surface area contributed by atoms with Crippen LogP contribution in [0.1, 0.15) is 0 Å². The van der Waals surface area contributed by atoms with Crippen LogP contribution in [-0.2, 0) is 0 Å². The summed E-state index contributed by atoms with van der Waals surface area (Å²) < 4.78 is 9.18. The minimum atomic E-state index is 0.587. The van der Waals surface area contributed by atoms with Crippen molar-refractivity contribution in [3.05, 3.63) is 194 Å². The molecular formula is C54H32N4OS. The molecule has 0 N–H and O–H groups in total. The minimum absolute atomic E-state index is 0.587. The van der Waals surface area contributed by atoms with E-state index >= 15 is 0 Å². The molecule has 0 amide bonds. The van der Waals surface area contributed by atoms with Crippen molar-refractivity contribution in [1.82, 2.24) is 19.9 Å². The van der Waals surface area contributed by atoms with E-state index in [1.165, 1.54) is 25.7 Å². The van der Waals surface area contributed by atoms with Crippen LogP contribution in [0, 0.1) is 0 Å². The quantitative estimate of drug-likeness (QED) is 0.157. The van der Waals surface area contributed by atoms with Crippen molar-refractivity contribution in [2.24, 2.45) is 0 Å². The predicted molar refractivity (Wildman–Crippen MR) is 248 cm³/mol. The average Bonchev–Trinajstić information content (AvgIpc) is 3.94. The molecule has 0 aliphatic heterocycles. The summed E-state index contributed by atoms with van der Waals surface area (Å²) in [6.45, 7) is 0. The Morgan fingerprint density at radius 3 is 1.70 bits per heavy atom. The number of oxazole rings is 1. The van der Waals surface area contributed by atoms with Crippen molar-refractivity contribution >= 4 is 64.2 Å². The van der Waals surface area contributed by atoms with Gasteiger partial charge < -0.3 is 4.42 Å². The van der Waals surface area contributed by atoms with Crippen molar-refractivity contribution in [2.75, 3.05) is 0 Å². The molecule has 0 unspecified atom stereocenters. The summed E-state index contributed by atoms with van der Waals surface area (Å²) in [5, 5.41) is 6.63. The lowest BCUT2D eigenvalue weighted by Crippen LogP contribution is -2.01. The Labute approximate surface area is 348 Å². The molecule has 0 spiro atoms. The number of fused-ring (bicyclic) bond motifs is 8. The Kier molecular flexibility index (Phi) is 7.96. The Bertz CT molecular complexity index is 3600. The summed E-state index contributed by atoms with van der Waals surface area (Å²) >= 11 is 1.80. The molecule has 0 saturated carbocycles. The third-order valence-corrected chi connectivity index (χ3v) is 12.5. The van der Waals surface area contributed by atoms with E-state index in [1.807, 2.05) is 24.3 Å². The van der Waals surface area contributed by atoms with Gasteiger partial charge in [-0.25, -0.2) is 19.9 Å². The largest absolute Gasteiger partial charge is 0.435 e. The molecule has 0 fully saturated rings. The summed E-state index contributed by atoms with van der Waals surface area (Å²) in [4.78, 5) is 20.7. The van der Waals surface area contributed by atoms with Crippen LogP contribution in [0.2, 0.25) is 0 Å². The lowest BCUT2D eigenvalue weighted by Gasteiger charge is -2.13. The van der Waals surface area contributed by atoms with Crippen LogP contribution in [0.25, 0.3) is 121 Å². The van der Waals surface area contributed by atoms with E-state index in [2.05, 4.69) is 170 Å². The highest BCUT2D eigenvalue weighted by molar-refractivity contribution is 7.25. The Balaban J connectivity index is 1.03. The highest BCUT2D eigenvalue weighted by Gasteiger charge is 2.19. The topological polar surface area (TPSA) is 64.7 Å². The van der Waals surface area contributed by atoms with Crippen molar-refractivity contribution in [3.8, 4) is 67.9 Å². The fraction of sp³-hybridized carbons (Fsp3) is 0. The van der Waals surface area contributed by atoms with Crippen LogP contribution in [0.4, 0.5) is 0 Å². The second kappa shape index (κ2) is 13.9. The maximum Gasteiger partial charge on any atom is 0.227 e. The number of rotatable bonds is 6. The van der Waals surface area contributed by atoms with E-state index in [0.29, 0.717) is 23.4 Å². The van der Waals surface area contributed by atoms with Gasteiger partial charge in [0.05, 0.1) is 0 Å². The van der Waals surface area contributed by atoms with Gasteiger partial charge in [0.1, 0.15) is 5.52 Å². The minimum Gasteiger partial charge on any atom is -0.435 e. The maximum absolute atomic E-state index is 6.68. The van der Waals surface area contributed by atoms with Gasteiger partial charge in [-0.1, -0.05) is 146 Å². The van der Waals surface area contributed by atoms with Crippen molar-refractivity contribution in [3.63, 3.8) is 0 Å². The Morgan fingerprint density at radius 2 is 0.900 bits per heavy atom. The number of thiophene rings is 1. The van der Waals surface area contributed by atoms with Gasteiger partial charge in [-0.15, -0.1) is 11.3 Å².